The fourth-order valence-corrected chi connectivity index (χ4v) is 2.38. The van der Waals surface area contributed by atoms with Crippen LogP contribution in [-0.4, -0.2) is 13.1 Å². The minimum absolute atomic E-state index is 0.345. The molecule has 2 N–H and O–H groups in total. The Hall–Kier alpha value is -2.33. The maximum Gasteiger partial charge on any atom is 0.313 e. The molecule has 4 heteroatoms. The maximum absolute atomic E-state index is 12.0. The molecule has 1 atom stereocenters. The zero-order chi connectivity index (χ0) is 16.9. The molecule has 0 unspecified atom stereocenters. The molecule has 122 valence electrons. The number of methoxy groups -OCH3 is 1. The summed E-state index contributed by atoms with van der Waals surface area (Å²) in [5, 5.41) is 0. The van der Waals surface area contributed by atoms with Crippen molar-refractivity contribution in [1.29, 1.82) is 0 Å². The fourth-order valence-electron chi connectivity index (χ4n) is 2.38. The van der Waals surface area contributed by atoms with E-state index in [-0.39, 0.29) is 5.97 Å². The van der Waals surface area contributed by atoms with Gasteiger partial charge in [-0.2, -0.15) is 0 Å². The van der Waals surface area contributed by atoms with E-state index in [0.29, 0.717) is 12.4 Å². The highest BCUT2D eigenvalue weighted by Crippen LogP contribution is 2.37. The van der Waals surface area contributed by atoms with Gasteiger partial charge in [0.15, 0.2) is 0 Å². The van der Waals surface area contributed by atoms with Crippen molar-refractivity contribution in [2.45, 2.75) is 26.5 Å². The van der Waals surface area contributed by atoms with Gasteiger partial charge in [-0.3, -0.25) is 4.79 Å². The van der Waals surface area contributed by atoms with Crippen molar-refractivity contribution in [3.8, 4) is 5.75 Å². The highest BCUT2D eigenvalue weighted by Gasteiger charge is 2.37. The summed E-state index contributed by atoms with van der Waals surface area (Å²) in [5.74, 6) is 0.337. The van der Waals surface area contributed by atoms with Crippen molar-refractivity contribution in [2.24, 2.45) is 11.1 Å². The molecular weight excluding hydrogens is 290 g/mol. The van der Waals surface area contributed by atoms with Gasteiger partial charge < -0.3 is 15.2 Å². The minimum Gasteiger partial charge on any atom is -0.489 e. The third-order valence-corrected chi connectivity index (χ3v) is 3.98. The van der Waals surface area contributed by atoms with Crippen LogP contribution in [0, 0.1) is 5.41 Å². The zero-order valence-electron chi connectivity index (χ0n) is 13.8. The van der Waals surface area contributed by atoms with Crippen LogP contribution in [0.3, 0.4) is 0 Å². The standard InChI is InChI=1S/C19H23NO3/c1-19(2,18(21)22-3)17(20)15-11-7-8-12-16(15)23-13-14-9-5-4-6-10-14/h4-12,17H,13,20H2,1-3H3/t17-/m0/s1. The maximum atomic E-state index is 12.0. The Balaban J connectivity index is 2.21. The van der Waals surface area contributed by atoms with Crippen molar-refractivity contribution in [1.82, 2.24) is 0 Å². The summed E-state index contributed by atoms with van der Waals surface area (Å²) >= 11 is 0. The highest BCUT2D eigenvalue weighted by atomic mass is 16.5. The lowest BCUT2D eigenvalue weighted by Gasteiger charge is -2.30. The van der Waals surface area contributed by atoms with Gasteiger partial charge in [-0.05, 0) is 25.5 Å². The van der Waals surface area contributed by atoms with Crippen molar-refractivity contribution in [2.75, 3.05) is 7.11 Å². The van der Waals surface area contributed by atoms with Gasteiger partial charge in [0.25, 0.3) is 0 Å². The Bertz CT molecular complexity index is 653. The van der Waals surface area contributed by atoms with Gasteiger partial charge in [0.1, 0.15) is 12.4 Å². The van der Waals surface area contributed by atoms with E-state index in [2.05, 4.69) is 0 Å². The minimum atomic E-state index is -0.846. The molecule has 0 spiro atoms. The summed E-state index contributed by atoms with van der Waals surface area (Å²) in [5.41, 5.74) is 7.35. The molecule has 2 aromatic rings. The molecule has 4 nitrogen and oxygen atoms in total. The van der Waals surface area contributed by atoms with E-state index < -0.39 is 11.5 Å². The van der Waals surface area contributed by atoms with Gasteiger partial charge in [0.05, 0.1) is 12.5 Å². The van der Waals surface area contributed by atoms with Gasteiger partial charge in [0.2, 0.25) is 0 Å². The molecule has 0 saturated heterocycles. The molecule has 0 heterocycles. The number of carbonyl (C=O) groups excluding carboxylic acids is 1. The van der Waals surface area contributed by atoms with Crippen LogP contribution in [0.4, 0.5) is 0 Å². The third-order valence-electron chi connectivity index (χ3n) is 3.98. The summed E-state index contributed by atoms with van der Waals surface area (Å²) in [7, 11) is 1.37. The molecule has 0 aromatic heterocycles. The number of benzene rings is 2. The topological polar surface area (TPSA) is 61.5 Å². The van der Waals surface area contributed by atoms with Gasteiger partial charge in [-0.25, -0.2) is 0 Å². The molecule has 2 aromatic carbocycles. The van der Waals surface area contributed by atoms with Gasteiger partial charge in [0, 0.05) is 11.6 Å². The van der Waals surface area contributed by atoms with E-state index in [1.54, 1.807) is 13.8 Å². The van der Waals surface area contributed by atoms with Crippen LogP contribution in [0.5, 0.6) is 5.75 Å². The molecular formula is C19H23NO3. The second-order valence-electron chi connectivity index (χ2n) is 6.00. The molecule has 0 aliphatic heterocycles. The van der Waals surface area contributed by atoms with E-state index >= 15 is 0 Å². The number of hydrogen-bond acceptors (Lipinski definition) is 4. The van der Waals surface area contributed by atoms with E-state index in [4.69, 9.17) is 15.2 Å². The number of carbonyl (C=O) groups is 1. The van der Waals surface area contributed by atoms with E-state index in [9.17, 15) is 4.79 Å². The predicted molar refractivity (Wildman–Crippen MR) is 89.9 cm³/mol. The lowest BCUT2D eigenvalue weighted by atomic mass is 9.80. The van der Waals surface area contributed by atoms with Crippen LogP contribution in [0.2, 0.25) is 0 Å². The Labute approximate surface area is 137 Å². The first-order chi connectivity index (χ1) is 11.0. The molecule has 23 heavy (non-hydrogen) atoms. The first kappa shape index (κ1) is 17.0. The number of para-hydroxylation sites is 1. The molecule has 0 amide bonds. The first-order valence-corrected chi connectivity index (χ1v) is 7.56. The van der Waals surface area contributed by atoms with E-state index in [1.165, 1.54) is 7.11 Å². The molecule has 0 aliphatic rings. The second kappa shape index (κ2) is 7.29. The smallest absolute Gasteiger partial charge is 0.313 e. The van der Waals surface area contributed by atoms with Crippen molar-refractivity contribution >= 4 is 5.97 Å². The predicted octanol–water partition coefficient (Wildman–Crippen LogP) is 3.46. The number of esters is 1. The molecule has 0 saturated carbocycles. The van der Waals surface area contributed by atoms with E-state index in [0.717, 1.165) is 11.1 Å². The molecule has 0 aliphatic carbocycles. The monoisotopic (exact) mass is 313 g/mol. The van der Waals surface area contributed by atoms with E-state index in [1.807, 2.05) is 54.6 Å². The lowest BCUT2D eigenvalue weighted by molar-refractivity contribution is -0.152. The summed E-state index contributed by atoms with van der Waals surface area (Å²) in [6.45, 7) is 4.00. The number of rotatable bonds is 6. The van der Waals surface area contributed by atoms with Crippen LogP contribution in [0.1, 0.15) is 31.0 Å². The fraction of sp³-hybridized carbons (Fsp3) is 0.316. The Morgan fingerprint density at radius 1 is 1.09 bits per heavy atom. The average Bonchev–Trinajstić information content (AvgIpc) is 2.59. The van der Waals surface area contributed by atoms with Gasteiger partial charge in [-0.15, -0.1) is 0 Å². The quantitative estimate of drug-likeness (QED) is 0.830. The molecule has 0 fully saturated rings. The third kappa shape index (κ3) is 3.90. The Morgan fingerprint density at radius 3 is 2.35 bits per heavy atom. The van der Waals surface area contributed by atoms with Crippen LogP contribution in [-0.2, 0) is 16.1 Å². The zero-order valence-corrected chi connectivity index (χ0v) is 13.8. The number of ether oxygens (including phenoxy) is 2. The van der Waals surface area contributed by atoms with Crippen LogP contribution in [0.15, 0.2) is 54.6 Å². The largest absolute Gasteiger partial charge is 0.489 e. The van der Waals surface area contributed by atoms with Crippen LogP contribution in [0.25, 0.3) is 0 Å². The average molecular weight is 313 g/mol. The van der Waals surface area contributed by atoms with Crippen molar-refractivity contribution < 1.29 is 14.3 Å². The summed E-state index contributed by atoms with van der Waals surface area (Å²) in [6, 6.07) is 16.9. The second-order valence-corrected chi connectivity index (χ2v) is 6.00. The van der Waals surface area contributed by atoms with Crippen molar-refractivity contribution in [3.05, 3.63) is 65.7 Å². The van der Waals surface area contributed by atoms with Gasteiger partial charge >= 0.3 is 5.97 Å². The van der Waals surface area contributed by atoms with Gasteiger partial charge in [-0.1, -0.05) is 48.5 Å². The number of nitrogens with two attached hydrogens (primary N) is 1. The Morgan fingerprint density at radius 2 is 1.70 bits per heavy atom. The summed E-state index contributed by atoms with van der Waals surface area (Å²) in [4.78, 5) is 12.0. The SMILES string of the molecule is COC(=O)C(C)(C)[C@@H](N)c1ccccc1OCc1ccccc1. The van der Waals surface area contributed by atoms with Crippen LogP contribution < -0.4 is 10.5 Å². The molecule has 2 rings (SSSR count). The van der Waals surface area contributed by atoms with Crippen molar-refractivity contribution in [3.63, 3.8) is 0 Å². The normalized spacial score (nSPS) is 12.5. The van der Waals surface area contributed by atoms with Crippen LogP contribution >= 0.6 is 0 Å². The molecule has 0 radical (unpaired) electrons. The Kier molecular flexibility index (Phi) is 5.40. The number of hydrogen-bond donors (Lipinski definition) is 1. The summed E-state index contributed by atoms with van der Waals surface area (Å²) < 4.78 is 10.8. The first-order valence-electron chi connectivity index (χ1n) is 7.56. The molecule has 0 bridgehead atoms. The lowest BCUT2D eigenvalue weighted by Crippen LogP contribution is -2.37. The highest BCUT2D eigenvalue weighted by molar-refractivity contribution is 5.77. The summed E-state index contributed by atoms with van der Waals surface area (Å²) in [6.07, 6.45) is 0.